The van der Waals surface area contributed by atoms with Crippen LogP contribution in [0.3, 0.4) is 0 Å². The van der Waals surface area contributed by atoms with Crippen molar-refractivity contribution in [1.82, 2.24) is 10.3 Å². The Balaban J connectivity index is 1.90. The van der Waals surface area contributed by atoms with Crippen LogP contribution in [-0.4, -0.2) is 23.2 Å². The Kier molecular flexibility index (Phi) is 4.15. The lowest BCUT2D eigenvalue weighted by atomic mass is 10.2. The fraction of sp³-hybridized carbons (Fsp3) is 0.231. The molecule has 19 heavy (non-hydrogen) atoms. The number of carbonyl (C=O) groups is 1. The molecule has 0 aromatic carbocycles. The van der Waals surface area contributed by atoms with Gasteiger partial charge in [0.1, 0.15) is 5.76 Å². The van der Waals surface area contributed by atoms with E-state index in [2.05, 4.69) is 10.3 Å². The number of rotatable bonds is 6. The van der Waals surface area contributed by atoms with Gasteiger partial charge in [0, 0.05) is 18.3 Å². The van der Waals surface area contributed by atoms with Crippen LogP contribution in [-0.2, 0) is 13.1 Å². The second kappa shape index (κ2) is 6.01. The second-order valence-corrected chi connectivity index (χ2v) is 3.85. The van der Waals surface area contributed by atoms with Gasteiger partial charge in [0.15, 0.2) is 0 Å². The number of aromatic carboxylic acids is 1. The van der Waals surface area contributed by atoms with Gasteiger partial charge < -0.3 is 19.6 Å². The van der Waals surface area contributed by atoms with Crippen LogP contribution in [0.25, 0.3) is 0 Å². The molecule has 100 valence electrons. The Morgan fingerprint density at radius 2 is 2.26 bits per heavy atom. The summed E-state index contributed by atoms with van der Waals surface area (Å²) in [5.74, 6) is 0.0110. The number of ether oxygens (including phenoxy) is 1. The molecule has 0 aliphatic carbocycles. The summed E-state index contributed by atoms with van der Waals surface area (Å²) in [5, 5.41) is 11.9. The average Bonchev–Trinajstić information content (AvgIpc) is 2.88. The molecule has 2 heterocycles. The van der Waals surface area contributed by atoms with Gasteiger partial charge in [0.05, 0.1) is 13.7 Å². The Labute approximate surface area is 110 Å². The van der Waals surface area contributed by atoms with Crippen molar-refractivity contribution in [2.24, 2.45) is 0 Å². The number of methoxy groups -OCH3 is 1. The molecule has 0 saturated heterocycles. The maximum atomic E-state index is 10.7. The van der Waals surface area contributed by atoms with Crippen LogP contribution in [0.2, 0.25) is 0 Å². The molecule has 0 amide bonds. The van der Waals surface area contributed by atoms with Crippen LogP contribution in [0.5, 0.6) is 5.88 Å². The molecule has 0 atom stereocenters. The van der Waals surface area contributed by atoms with E-state index in [0.29, 0.717) is 24.7 Å². The Bertz CT molecular complexity index is 565. The maximum Gasteiger partial charge on any atom is 0.371 e. The van der Waals surface area contributed by atoms with E-state index in [1.165, 1.54) is 6.07 Å². The molecule has 2 aromatic rings. The summed E-state index contributed by atoms with van der Waals surface area (Å²) in [6, 6.07) is 6.81. The number of carboxylic acid groups (broad SMARTS) is 1. The van der Waals surface area contributed by atoms with E-state index in [4.69, 9.17) is 14.3 Å². The van der Waals surface area contributed by atoms with Crippen LogP contribution in [0.15, 0.2) is 34.9 Å². The van der Waals surface area contributed by atoms with Gasteiger partial charge in [-0.2, -0.15) is 0 Å². The predicted molar refractivity (Wildman–Crippen MR) is 67.0 cm³/mol. The van der Waals surface area contributed by atoms with Crippen LogP contribution in [0.1, 0.15) is 21.9 Å². The number of carboxylic acids is 1. The van der Waals surface area contributed by atoms with Gasteiger partial charge >= 0.3 is 5.97 Å². The van der Waals surface area contributed by atoms with Crippen LogP contribution >= 0.6 is 0 Å². The van der Waals surface area contributed by atoms with Gasteiger partial charge in [0.2, 0.25) is 11.6 Å². The first-order valence-electron chi connectivity index (χ1n) is 5.71. The Morgan fingerprint density at radius 3 is 2.95 bits per heavy atom. The standard InChI is InChI=1S/C13H14N2O4/c1-18-12-9(3-2-6-15-12)7-14-8-10-4-5-11(19-10)13(16)17/h2-6,14H,7-8H2,1H3,(H,16,17). The van der Waals surface area contributed by atoms with Gasteiger partial charge in [-0.3, -0.25) is 0 Å². The zero-order chi connectivity index (χ0) is 13.7. The van der Waals surface area contributed by atoms with E-state index >= 15 is 0 Å². The molecule has 2 aromatic heterocycles. The van der Waals surface area contributed by atoms with E-state index in [9.17, 15) is 4.79 Å². The lowest BCUT2D eigenvalue weighted by Gasteiger charge is -2.07. The molecule has 6 nitrogen and oxygen atoms in total. The third-order valence-electron chi connectivity index (χ3n) is 2.53. The van der Waals surface area contributed by atoms with E-state index in [1.54, 1.807) is 19.4 Å². The number of hydrogen-bond donors (Lipinski definition) is 2. The first-order chi connectivity index (χ1) is 9.20. The Morgan fingerprint density at radius 1 is 1.42 bits per heavy atom. The molecular formula is C13H14N2O4. The van der Waals surface area contributed by atoms with Crippen molar-refractivity contribution in [2.45, 2.75) is 13.1 Å². The zero-order valence-corrected chi connectivity index (χ0v) is 10.4. The molecule has 2 N–H and O–H groups in total. The fourth-order valence-corrected chi connectivity index (χ4v) is 1.65. The number of nitrogens with one attached hydrogen (secondary N) is 1. The number of hydrogen-bond acceptors (Lipinski definition) is 5. The summed E-state index contributed by atoms with van der Waals surface area (Å²) in [6.45, 7) is 0.992. The third-order valence-corrected chi connectivity index (χ3v) is 2.53. The molecule has 0 aliphatic heterocycles. The minimum Gasteiger partial charge on any atom is -0.481 e. The predicted octanol–water partition coefficient (Wildman–Crippen LogP) is 1.67. The van der Waals surface area contributed by atoms with Crippen molar-refractivity contribution in [1.29, 1.82) is 0 Å². The monoisotopic (exact) mass is 262 g/mol. The molecule has 0 saturated carbocycles. The van der Waals surface area contributed by atoms with Gasteiger partial charge in [-0.15, -0.1) is 0 Å². The lowest BCUT2D eigenvalue weighted by molar-refractivity contribution is 0.0660. The van der Waals surface area contributed by atoms with Gasteiger partial charge in [-0.05, 0) is 18.2 Å². The van der Waals surface area contributed by atoms with Crippen LogP contribution in [0, 0.1) is 0 Å². The van der Waals surface area contributed by atoms with Crippen molar-refractivity contribution in [3.8, 4) is 5.88 Å². The quantitative estimate of drug-likeness (QED) is 0.823. The number of aromatic nitrogens is 1. The average molecular weight is 262 g/mol. The molecule has 0 spiro atoms. The third kappa shape index (κ3) is 3.32. The molecule has 0 radical (unpaired) electrons. The molecule has 0 bridgehead atoms. The van der Waals surface area contributed by atoms with Crippen molar-refractivity contribution < 1.29 is 19.1 Å². The summed E-state index contributed by atoms with van der Waals surface area (Å²) in [5.41, 5.74) is 0.926. The molecule has 6 heteroatoms. The minimum absolute atomic E-state index is 0.0595. The van der Waals surface area contributed by atoms with E-state index in [1.807, 2.05) is 12.1 Å². The molecule has 2 rings (SSSR count). The summed E-state index contributed by atoms with van der Waals surface area (Å²) >= 11 is 0. The molecule has 0 aliphatic rings. The van der Waals surface area contributed by atoms with Crippen LogP contribution in [0.4, 0.5) is 0 Å². The molecular weight excluding hydrogens is 248 g/mol. The first kappa shape index (κ1) is 13.1. The van der Waals surface area contributed by atoms with Crippen LogP contribution < -0.4 is 10.1 Å². The molecule has 0 fully saturated rings. The number of nitrogens with zero attached hydrogens (tertiary/aromatic N) is 1. The zero-order valence-electron chi connectivity index (χ0n) is 10.4. The summed E-state index contributed by atoms with van der Waals surface area (Å²) in [7, 11) is 1.57. The van der Waals surface area contributed by atoms with Gasteiger partial charge in [-0.1, -0.05) is 6.07 Å². The topological polar surface area (TPSA) is 84.6 Å². The smallest absolute Gasteiger partial charge is 0.371 e. The number of pyridine rings is 1. The highest BCUT2D eigenvalue weighted by Gasteiger charge is 2.09. The van der Waals surface area contributed by atoms with Crippen molar-refractivity contribution in [3.05, 3.63) is 47.5 Å². The normalized spacial score (nSPS) is 10.4. The number of furan rings is 1. The molecule has 0 unspecified atom stereocenters. The first-order valence-corrected chi connectivity index (χ1v) is 5.71. The minimum atomic E-state index is -1.07. The Hall–Kier alpha value is -2.34. The van der Waals surface area contributed by atoms with Crippen molar-refractivity contribution >= 4 is 5.97 Å². The van der Waals surface area contributed by atoms with E-state index in [-0.39, 0.29) is 5.76 Å². The summed E-state index contributed by atoms with van der Waals surface area (Å²) in [4.78, 5) is 14.7. The maximum absolute atomic E-state index is 10.7. The van der Waals surface area contributed by atoms with Crippen molar-refractivity contribution in [3.63, 3.8) is 0 Å². The highest BCUT2D eigenvalue weighted by atomic mass is 16.5. The van der Waals surface area contributed by atoms with E-state index in [0.717, 1.165) is 5.56 Å². The fourth-order valence-electron chi connectivity index (χ4n) is 1.65. The highest BCUT2D eigenvalue weighted by Crippen LogP contribution is 2.13. The van der Waals surface area contributed by atoms with Gasteiger partial charge in [-0.25, -0.2) is 9.78 Å². The largest absolute Gasteiger partial charge is 0.481 e. The SMILES string of the molecule is COc1ncccc1CNCc1ccc(C(=O)O)o1. The second-order valence-electron chi connectivity index (χ2n) is 3.85. The highest BCUT2D eigenvalue weighted by molar-refractivity contribution is 5.84. The van der Waals surface area contributed by atoms with E-state index < -0.39 is 5.97 Å². The lowest BCUT2D eigenvalue weighted by Crippen LogP contribution is -2.13. The summed E-state index contributed by atoms with van der Waals surface area (Å²) in [6.07, 6.45) is 1.66. The van der Waals surface area contributed by atoms with Gasteiger partial charge in [0.25, 0.3) is 0 Å². The summed E-state index contributed by atoms with van der Waals surface area (Å²) < 4.78 is 10.3. The van der Waals surface area contributed by atoms with Crippen molar-refractivity contribution in [2.75, 3.05) is 7.11 Å².